The number of halogens is 2. The standard InChI is InChI=1S/C16H20F2N4O2S/c1-8(2)22-12(20-21-16(22)25)7-19-14(23)11-5-9(3)13(10(4)6-11)24-15(17)18/h5-6,8,15H,7H2,1-4H3,(H,19,23)(H,21,25). The second-order valence-corrected chi connectivity index (χ2v) is 6.30. The summed E-state index contributed by atoms with van der Waals surface area (Å²) in [6.07, 6.45) is 0. The molecule has 0 unspecified atom stereocenters. The summed E-state index contributed by atoms with van der Waals surface area (Å²) in [6.45, 7) is 4.45. The van der Waals surface area contributed by atoms with Gasteiger partial charge in [0.2, 0.25) is 0 Å². The van der Waals surface area contributed by atoms with Gasteiger partial charge in [0.05, 0.1) is 6.54 Å². The molecule has 136 valence electrons. The molecule has 0 saturated carbocycles. The fraction of sp³-hybridized carbons (Fsp3) is 0.438. The molecule has 0 aliphatic carbocycles. The zero-order valence-corrected chi connectivity index (χ0v) is 15.2. The van der Waals surface area contributed by atoms with E-state index in [0.717, 1.165) is 0 Å². The van der Waals surface area contributed by atoms with Crippen molar-refractivity contribution in [3.05, 3.63) is 39.4 Å². The number of rotatable bonds is 6. The Morgan fingerprint density at radius 3 is 2.48 bits per heavy atom. The van der Waals surface area contributed by atoms with Gasteiger partial charge in [-0.2, -0.15) is 13.9 Å². The molecular weight excluding hydrogens is 350 g/mol. The molecular formula is C16H20F2N4O2S. The summed E-state index contributed by atoms with van der Waals surface area (Å²) >= 11 is 5.16. The largest absolute Gasteiger partial charge is 0.434 e. The van der Waals surface area contributed by atoms with Crippen LogP contribution in [0.15, 0.2) is 12.1 Å². The molecule has 9 heteroatoms. The zero-order valence-electron chi connectivity index (χ0n) is 14.4. The number of ether oxygens (including phenoxy) is 1. The molecule has 2 rings (SSSR count). The third kappa shape index (κ3) is 4.41. The van der Waals surface area contributed by atoms with Crippen LogP contribution in [-0.4, -0.2) is 27.3 Å². The summed E-state index contributed by atoms with van der Waals surface area (Å²) in [4.78, 5) is 12.4. The summed E-state index contributed by atoms with van der Waals surface area (Å²) in [7, 11) is 0. The first kappa shape index (κ1) is 19.0. The molecule has 0 radical (unpaired) electrons. The molecule has 1 heterocycles. The van der Waals surface area contributed by atoms with E-state index < -0.39 is 6.61 Å². The quantitative estimate of drug-likeness (QED) is 0.761. The highest BCUT2D eigenvalue weighted by Crippen LogP contribution is 2.26. The van der Waals surface area contributed by atoms with Crippen LogP contribution in [0.3, 0.4) is 0 Å². The SMILES string of the molecule is Cc1cc(C(=O)NCc2n[nH]c(=S)n2C(C)C)cc(C)c1OC(F)F. The average Bonchev–Trinajstić information content (AvgIpc) is 2.89. The summed E-state index contributed by atoms with van der Waals surface area (Å²) in [5.74, 6) is 0.366. The number of nitrogens with zero attached hydrogens (tertiary/aromatic N) is 2. The van der Waals surface area contributed by atoms with Gasteiger partial charge in [-0.05, 0) is 63.2 Å². The van der Waals surface area contributed by atoms with Gasteiger partial charge in [-0.25, -0.2) is 0 Å². The van der Waals surface area contributed by atoms with Gasteiger partial charge in [-0.3, -0.25) is 9.89 Å². The molecule has 1 aromatic heterocycles. The Hall–Kier alpha value is -2.29. The van der Waals surface area contributed by atoms with Crippen molar-refractivity contribution in [2.75, 3.05) is 0 Å². The third-order valence-corrected chi connectivity index (χ3v) is 3.92. The van der Waals surface area contributed by atoms with E-state index in [1.165, 1.54) is 12.1 Å². The lowest BCUT2D eigenvalue weighted by Gasteiger charge is -2.14. The van der Waals surface area contributed by atoms with Crippen molar-refractivity contribution >= 4 is 18.1 Å². The van der Waals surface area contributed by atoms with E-state index >= 15 is 0 Å². The van der Waals surface area contributed by atoms with Crippen LogP contribution in [0.4, 0.5) is 8.78 Å². The Kier molecular flexibility index (Phi) is 5.89. The molecule has 6 nitrogen and oxygen atoms in total. The summed E-state index contributed by atoms with van der Waals surface area (Å²) in [5, 5.41) is 9.58. The number of carbonyl (C=O) groups is 1. The lowest BCUT2D eigenvalue weighted by atomic mass is 10.1. The number of aromatic amines is 1. The lowest BCUT2D eigenvalue weighted by molar-refractivity contribution is -0.0507. The first-order chi connectivity index (χ1) is 11.7. The molecule has 1 amide bonds. The van der Waals surface area contributed by atoms with Crippen molar-refractivity contribution in [2.45, 2.75) is 46.9 Å². The number of benzene rings is 1. The maximum atomic E-state index is 12.4. The Balaban J connectivity index is 2.15. The van der Waals surface area contributed by atoms with E-state index in [1.807, 2.05) is 18.4 Å². The van der Waals surface area contributed by atoms with Gasteiger partial charge in [-0.15, -0.1) is 0 Å². The van der Waals surface area contributed by atoms with Crippen LogP contribution in [0, 0.1) is 18.6 Å². The monoisotopic (exact) mass is 370 g/mol. The Bertz CT molecular complexity index is 807. The number of amides is 1. The van der Waals surface area contributed by atoms with Gasteiger partial charge < -0.3 is 14.6 Å². The fourth-order valence-electron chi connectivity index (χ4n) is 2.61. The number of hydrogen-bond acceptors (Lipinski definition) is 4. The Labute approximate surface area is 149 Å². The highest BCUT2D eigenvalue weighted by molar-refractivity contribution is 7.71. The van der Waals surface area contributed by atoms with Gasteiger partial charge in [0.1, 0.15) is 5.75 Å². The maximum absolute atomic E-state index is 12.4. The molecule has 0 aliphatic heterocycles. The van der Waals surface area contributed by atoms with Crippen molar-refractivity contribution in [1.29, 1.82) is 0 Å². The molecule has 0 spiro atoms. The molecule has 1 aromatic carbocycles. The second-order valence-electron chi connectivity index (χ2n) is 5.91. The third-order valence-electron chi connectivity index (χ3n) is 3.63. The van der Waals surface area contributed by atoms with Crippen LogP contribution in [-0.2, 0) is 6.54 Å². The van der Waals surface area contributed by atoms with Gasteiger partial charge in [-0.1, -0.05) is 0 Å². The predicted molar refractivity (Wildman–Crippen MR) is 91.5 cm³/mol. The molecule has 0 aliphatic rings. The molecule has 0 fully saturated rings. The van der Waals surface area contributed by atoms with Crippen LogP contribution in [0.2, 0.25) is 0 Å². The highest BCUT2D eigenvalue weighted by Gasteiger charge is 2.16. The van der Waals surface area contributed by atoms with Crippen LogP contribution < -0.4 is 10.1 Å². The minimum atomic E-state index is -2.91. The summed E-state index contributed by atoms with van der Waals surface area (Å²) in [6, 6.07) is 3.13. The normalized spacial score (nSPS) is 11.2. The van der Waals surface area contributed by atoms with E-state index in [1.54, 1.807) is 13.8 Å². The Morgan fingerprint density at radius 1 is 1.36 bits per heavy atom. The summed E-state index contributed by atoms with van der Waals surface area (Å²) in [5.41, 5.74) is 1.30. The van der Waals surface area contributed by atoms with Gasteiger partial charge in [0.15, 0.2) is 10.6 Å². The number of hydrogen-bond donors (Lipinski definition) is 2. The van der Waals surface area contributed by atoms with E-state index in [-0.39, 0.29) is 24.2 Å². The first-order valence-corrected chi connectivity index (χ1v) is 8.11. The zero-order chi connectivity index (χ0) is 18.7. The molecule has 2 N–H and O–H groups in total. The number of aryl methyl sites for hydroxylation is 2. The minimum absolute atomic E-state index is 0.0900. The van der Waals surface area contributed by atoms with Gasteiger partial charge >= 0.3 is 6.61 Å². The molecule has 0 atom stereocenters. The van der Waals surface area contributed by atoms with E-state index in [9.17, 15) is 13.6 Å². The van der Waals surface area contributed by atoms with Crippen molar-refractivity contribution in [1.82, 2.24) is 20.1 Å². The molecule has 0 bridgehead atoms. The second kappa shape index (κ2) is 7.73. The highest BCUT2D eigenvalue weighted by atomic mass is 32.1. The van der Waals surface area contributed by atoms with Gasteiger partial charge in [0, 0.05) is 11.6 Å². The van der Waals surface area contributed by atoms with Gasteiger partial charge in [0.25, 0.3) is 5.91 Å². The number of carbonyl (C=O) groups excluding carboxylic acids is 1. The predicted octanol–water partition coefficient (Wildman–Crippen LogP) is 3.67. The van der Waals surface area contributed by atoms with Crippen molar-refractivity contribution in [3.63, 3.8) is 0 Å². The van der Waals surface area contributed by atoms with E-state index in [0.29, 0.717) is 27.3 Å². The minimum Gasteiger partial charge on any atom is -0.434 e. The number of alkyl halides is 2. The smallest absolute Gasteiger partial charge is 0.387 e. The van der Waals surface area contributed by atoms with Crippen LogP contribution >= 0.6 is 12.2 Å². The topological polar surface area (TPSA) is 71.9 Å². The van der Waals surface area contributed by atoms with Crippen molar-refractivity contribution < 1.29 is 18.3 Å². The Morgan fingerprint density at radius 2 is 1.96 bits per heavy atom. The fourth-order valence-corrected chi connectivity index (χ4v) is 2.97. The lowest BCUT2D eigenvalue weighted by Crippen LogP contribution is -2.25. The van der Waals surface area contributed by atoms with E-state index in [4.69, 9.17) is 12.2 Å². The first-order valence-electron chi connectivity index (χ1n) is 7.70. The number of aromatic nitrogens is 3. The summed E-state index contributed by atoms with van der Waals surface area (Å²) < 4.78 is 31.6. The molecule has 25 heavy (non-hydrogen) atoms. The maximum Gasteiger partial charge on any atom is 0.387 e. The van der Waals surface area contributed by atoms with Crippen LogP contribution in [0.5, 0.6) is 5.75 Å². The molecule has 0 saturated heterocycles. The van der Waals surface area contributed by atoms with Crippen LogP contribution in [0.1, 0.15) is 47.2 Å². The van der Waals surface area contributed by atoms with Crippen molar-refractivity contribution in [3.8, 4) is 5.75 Å². The number of nitrogens with one attached hydrogen (secondary N) is 2. The van der Waals surface area contributed by atoms with E-state index in [2.05, 4.69) is 20.3 Å². The molecule has 2 aromatic rings. The van der Waals surface area contributed by atoms with Crippen molar-refractivity contribution in [2.24, 2.45) is 0 Å². The van der Waals surface area contributed by atoms with Crippen LogP contribution in [0.25, 0.3) is 0 Å². The average molecular weight is 370 g/mol. The number of H-pyrrole nitrogens is 1.